The second-order valence-electron chi connectivity index (χ2n) is 12.9. The average molecular weight is 672 g/mol. The minimum Gasteiger partial charge on any atom is -0.352 e. The van der Waals surface area contributed by atoms with Crippen LogP contribution in [0.3, 0.4) is 0 Å². The Kier molecular flexibility index (Phi) is 9.53. The van der Waals surface area contributed by atoms with E-state index in [4.69, 9.17) is 0 Å². The molecule has 0 unspecified atom stereocenters. The Balaban J connectivity index is 1.03. The lowest BCUT2D eigenvalue weighted by Gasteiger charge is -2.24. The highest BCUT2D eigenvalue weighted by Gasteiger charge is 2.34. The lowest BCUT2D eigenvalue weighted by Crippen LogP contribution is -2.43. The number of H-pyrrole nitrogens is 1. The predicted octanol–water partition coefficient (Wildman–Crippen LogP) is 5.75. The largest absolute Gasteiger partial charge is 0.352 e. The Bertz CT molecular complexity index is 2050. The molecule has 4 amide bonds. The van der Waals surface area contributed by atoms with Gasteiger partial charge in [0.25, 0.3) is 0 Å². The number of carbonyl (C=O) groups excluding carboxylic acids is 4. The lowest BCUT2D eigenvalue weighted by molar-refractivity contribution is -0.136. The van der Waals surface area contributed by atoms with Crippen molar-refractivity contribution < 1.29 is 23.6 Å². The number of hydrogen-bond donors (Lipinski definition) is 4. The van der Waals surface area contributed by atoms with Gasteiger partial charge in [-0.15, -0.1) is 0 Å². The molecule has 3 heterocycles. The molecule has 2 fully saturated rings. The predicted molar refractivity (Wildman–Crippen MR) is 191 cm³/mol. The number of benzene rings is 4. The molecule has 2 aliphatic rings. The van der Waals surface area contributed by atoms with Crippen molar-refractivity contribution in [1.82, 2.24) is 20.5 Å². The molecule has 0 radical (unpaired) electrons. The maximum absolute atomic E-state index is 15.9. The Morgan fingerprint density at radius 3 is 2.34 bits per heavy atom. The van der Waals surface area contributed by atoms with Crippen LogP contribution in [-0.2, 0) is 32.0 Å². The molecule has 0 spiro atoms. The fraction of sp³-hybridized carbons (Fsp3) is 0.250. The molecule has 1 aromatic heterocycles. The van der Waals surface area contributed by atoms with Crippen molar-refractivity contribution in [3.8, 4) is 22.4 Å². The first-order valence-electron chi connectivity index (χ1n) is 17.1. The Morgan fingerprint density at radius 1 is 0.800 bits per heavy atom. The molecule has 0 aliphatic carbocycles. The second kappa shape index (κ2) is 14.5. The van der Waals surface area contributed by atoms with Gasteiger partial charge < -0.3 is 20.5 Å². The Labute approximate surface area is 289 Å². The molecule has 9 nitrogen and oxygen atoms in total. The standard InChI is InChI=1S/C40H38FN5O4/c41-37-31-24-29(43-40(50)34-13-7-21-46(34)36(48)22-25-8-2-1-3-9-25)18-19-32(31)44-38(37)27-16-14-26(15-17-27)30-11-5-4-10-28(30)23-35(47)45-39(49)33-12-6-20-42-33/h1-5,8-11,14-19,24,33-34,42,44H,6-7,12-13,20-23H2,(H,43,50)(H,45,47,49)/t33-,34-/m0/s1. The summed E-state index contributed by atoms with van der Waals surface area (Å²) in [4.78, 5) is 56.3. The van der Waals surface area contributed by atoms with E-state index in [-0.39, 0.29) is 42.5 Å². The van der Waals surface area contributed by atoms with E-state index in [0.29, 0.717) is 40.8 Å². The van der Waals surface area contributed by atoms with Gasteiger partial charge in [-0.1, -0.05) is 78.9 Å². The molecule has 2 aliphatic heterocycles. The van der Waals surface area contributed by atoms with E-state index in [2.05, 4.69) is 20.9 Å². The first-order valence-corrected chi connectivity index (χ1v) is 17.1. The van der Waals surface area contributed by atoms with Crippen molar-refractivity contribution in [2.75, 3.05) is 18.4 Å². The van der Waals surface area contributed by atoms with Crippen molar-refractivity contribution in [3.63, 3.8) is 0 Å². The van der Waals surface area contributed by atoms with Gasteiger partial charge in [0.15, 0.2) is 5.82 Å². The van der Waals surface area contributed by atoms with Gasteiger partial charge in [-0.3, -0.25) is 24.5 Å². The van der Waals surface area contributed by atoms with Gasteiger partial charge >= 0.3 is 0 Å². The highest BCUT2D eigenvalue weighted by Crippen LogP contribution is 2.33. The molecule has 50 heavy (non-hydrogen) atoms. The van der Waals surface area contributed by atoms with E-state index >= 15 is 4.39 Å². The van der Waals surface area contributed by atoms with Crippen LogP contribution in [-0.4, -0.2) is 58.7 Å². The number of anilines is 1. The summed E-state index contributed by atoms with van der Waals surface area (Å²) >= 11 is 0. The number of aromatic nitrogens is 1. The van der Waals surface area contributed by atoms with Crippen LogP contribution in [0, 0.1) is 5.82 Å². The van der Waals surface area contributed by atoms with Crippen LogP contribution in [0.2, 0.25) is 0 Å². The van der Waals surface area contributed by atoms with Gasteiger partial charge in [0, 0.05) is 28.7 Å². The van der Waals surface area contributed by atoms with Gasteiger partial charge in [-0.05, 0) is 72.7 Å². The normalized spacial score (nSPS) is 17.2. The third-order valence-corrected chi connectivity index (χ3v) is 9.57. The van der Waals surface area contributed by atoms with Crippen molar-refractivity contribution in [2.24, 2.45) is 0 Å². The van der Waals surface area contributed by atoms with Crippen molar-refractivity contribution in [2.45, 2.75) is 50.6 Å². The number of nitrogens with one attached hydrogen (secondary N) is 4. The van der Waals surface area contributed by atoms with Crippen LogP contribution in [0.15, 0.2) is 97.1 Å². The molecular formula is C40H38FN5O4. The SMILES string of the molecule is O=C(Cc1ccccc1-c1ccc(-c2[nH]c3ccc(NC(=O)[C@@H]4CCCN4C(=O)Cc4ccccc4)cc3c2F)cc1)NC(=O)[C@@H]1CCCN1. The first-order chi connectivity index (χ1) is 24.3. The van der Waals surface area contributed by atoms with Crippen LogP contribution in [0.4, 0.5) is 10.1 Å². The van der Waals surface area contributed by atoms with E-state index in [9.17, 15) is 19.2 Å². The fourth-order valence-corrected chi connectivity index (χ4v) is 6.99. The number of imide groups is 1. The van der Waals surface area contributed by atoms with Crippen molar-refractivity contribution in [3.05, 3.63) is 114 Å². The summed E-state index contributed by atoms with van der Waals surface area (Å²) in [5.41, 5.74) is 5.36. The summed E-state index contributed by atoms with van der Waals surface area (Å²) in [7, 11) is 0. The van der Waals surface area contributed by atoms with Crippen molar-refractivity contribution >= 4 is 40.2 Å². The number of carbonyl (C=O) groups is 4. The third-order valence-electron chi connectivity index (χ3n) is 9.57. The number of halogens is 1. The molecule has 5 aromatic rings. The van der Waals surface area contributed by atoms with Crippen LogP contribution >= 0.6 is 0 Å². The van der Waals surface area contributed by atoms with Gasteiger partial charge in [-0.25, -0.2) is 4.39 Å². The summed E-state index contributed by atoms with van der Waals surface area (Å²) in [5, 5.41) is 8.86. The number of aromatic amines is 1. The lowest BCUT2D eigenvalue weighted by atomic mass is 9.96. The molecule has 0 saturated carbocycles. The zero-order valence-corrected chi connectivity index (χ0v) is 27.5. The summed E-state index contributed by atoms with van der Waals surface area (Å²) < 4.78 is 15.9. The molecule has 254 valence electrons. The molecule has 0 bridgehead atoms. The molecule has 4 aromatic carbocycles. The van der Waals surface area contributed by atoms with Gasteiger partial charge in [0.1, 0.15) is 6.04 Å². The monoisotopic (exact) mass is 671 g/mol. The average Bonchev–Trinajstić information content (AvgIpc) is 3.91. The number of nitrogens with zero attached hydrogens (tertiary/aromatic N) is 1. The minimum atomic E-state index is -0.580. The molecule has 2 saturated heterocycles. The first kappa shape index (κ1) is 32.9. The van der Waals surface area contributed by atoms with Gasteiger partial charge in [0.05, 0.1) is 24.6 Å². The quantitative estimate of drug-likeness (QED) is 0.159. The zero-order valence-electron chi connectivity index (χ0n) is 27.5. The topological polar surface area (TPSA) is 123 Å². The van der Waals surface area contributed by atoms with Crippen LogP contribution < -0.4 is 16.0 Å². The maximum atomic E-state index is 15.9. The van der Waals surface area contributed by atoms with E-state index in [0.717, 1.165) is 48.1 Å². The Morgan fingerprint density at radius 2 is 1.56 bits per heavy atom. The smallest absolute Gasteiger partial charge is 0.247 e. The van der Waals surface area contributed by atoms with Crippen molar-refractivity contribution in [1.29, 1.82) is 0 Å². The fourth-order valence-electron chi connectivity index (χ4n) is 6.99. The van der Waals surface area contributed by atoms with Gasteiger partial charge in [0.2, 0.25) is 23.6 Å². The van der Waals surface area contributed by atoms with Gasteiger partial charge in [-0.2, -0.15) is 0 Å². The van der Waals surface area contributed by atoms with E-state index in [1.807, 2.05) is 78.9 Å². The number of likely N-dealkylation sites (tertiary alicyclic amines) is 1. The second-order valence-corrected chi connectivity index (χ2v) is 12.9. The molecule has 7 rings (SSSR count). The minimum absolute atomic E-state index is 0.0503. The summed E-state index contributed by atoms with van der Waals surface area (Å²) in [5.74, 6) is -1.47. The summed E-state index contributed by atoms with van der Waals surface area (Å²) in [6.45, 7) is 1.30. The van der Waals surface area contributed by atoms with Crippen LogP contribution in [0.25, 0.3) is 33.3 Å². The van der Waals surface area contributed by atoms with E-state index in [1.54, 1.807) is 23.1 Å². The summed E-state index contributed by atoms with van der Waals surface area (Å²) in [6.07, 6.45) is 3.23. The molecule has 4 N–H and O–H groups in total. The number of hydrogen-bond acceptors (Lipinski definition) is 5. The van der Waals surface area contributed by atoms with E-state index in [1.165, 1.54) is 0 Å². The Hall–Kier alpha value is -5.61. The highest BCUT2D eigenvalue weighted by atomic mass is 19.1. The number of amides is 4. The molecular weight excluding hydrogens is 633 g/mol. The number of fused-ring (bicyclic) bond motifs is 1. The molecule has 10 heteroatoms. The molecule has 2 atom stereocenters. The highest BCUT2D eigenvalue weighted by molar-refractivity contribution is 6.00. The summed E-state index contributed by atoms with van der Waals surface area (Å²) in [6, 6.07) is 28.5. The third kappa shape index (κ3) is 7.06. The number of rotatable bonds is 9. The zero-order chi connectivity index (χ0) is 34.6. The maximum Gasteiger partial charge on any atom is 0.247 e. The van der Waals surface area contributed by atoms with Crippen LogP contribution in [0.1, 0.15) is 36.8 Å². The van der Waals surface area contributed by atoms with Crippen LogP contribution in [0.5, 0.6) is 0 Å². The van der Waals surface area contributed by atoms with E-state index < -0.39 is 11.9 Å².